The van der Waals surface area contributed by atoms with Crippen LogP contribution < -0.4 is 15.8 Å². The summed E-state index contributed by atoms with van der Waals surface area (Å²) >= 11 is 8.05. The van der Waals surface area contributed by atoms with Crippen molar-refractivity contribution in [1.82, 2.24) is 0 Å². The number of benzene rings is 1. The predicted octanol–water partition coefficient (Wildman–Crippen LogP) is 4.75. The third kappa shape index (κ3) is 7.13. The second-order valence-corrected chi connectivity index (χ2v) is 6.46. The highest BCUT2D eigenvalue weighted by Crippen LogP contribution is 2.36. The van der Waals surface area contributed by atoms with Gasteiger partial charge in [-0.15, -0.1) is 0 Å². The van der Waals surface area contributed by atoms with Crippen LogP contribution in [0.5, 0.6) is 5.75 Å². The molecule has 8 heteroatoms. The largest absolute Gasteiger partial charge is 0.492 e. The number of unbranched alkanes of at least 4 members (excludes halogenated alkanes) is 5. The number of thiocarbonyl (C=S) groups is 1. The van der Waals surface area contributed by atoms with Gasteiger partial charge >= 0.3 is 0 Å². The second kappa shape index (κ2) is 10.4. The first kappa shape index (κ1) is 19.6. The summed E-state index contributed by atoms with van der Waals surface area (Å²) in [5, 5.41) is 13.7. The first-order chi connectivity index (χ1) is 11.0. The van der Waals surface area contributed by atoms with E-state index in [0.29, 0.717) is 16.8 Å². The average molecular weight is 404 g/mol. The van der Waals surface area contributed by atoms with Crippen LogP contribution in [0.1, 0.15) is 45.4 Å². The van der Waals surface area contributed by atoms with Crippen molar-refractivity contribution in [3.05, 3.63) is 26.7 Å². The van der Waals surface area contributed by atoms with Crippen LogP contribution >= 0.6 is 28.1 Å². The van der Waals surface area contributed by atoms with Gasteiger partial charge in [0, 0.05) is 12.1 Å². The molecule has 0 fully saturated rings. The maximum atomic E-state index is 11.1. The molecule has 0 heterocycles. The second-order valence-electron chi connectivity index (χ2n) is 5.16. The molecule has 0 radical (unpaired) electrons. The van der Waals surface area contributed by atoms with Crippen molar-refractivity contribution in [2.75, 3.05) is 11.9 Å². The molecule has 0 aliphatic heterocycles. The zero-order chi connectivity index (χ0) is 17.2. The van der Waals surface area contributed by atoms with E-state index < -0.39 is 4.92 Å². The number of rotatable bonds is 10. The van der Waals surface area contributed by atoms with Gasteiger partial charge in [0.15, 0.2) is 5.11 Å². The number of halogens is 1. The average Bonchev–Trinajstić information content (AvgIpc) is 2.48. The van der Waals surface area contributed by atoms with Gasteiger partial charge in [-0.25, -0.2) is 0 Å². The number of hydrogen-bond acceptors (Lipinski definition) is 4. The van der Waals surface area contributed by atoms with E-state index in [1.54, 1.807) is 6.07 Å². The molecule has 23 heavy (non-hydrogen) atoms. The van der Waals surface area contributed by atoms with E-state index in [9.17, 15) is 10.1 Å². The molecule has 6 nitrogen and oxygen atoms in total. The number of nitro groups is 1. The lowest BCUT2D eigenvalue weighted by atomic mass is 10.1. The van der Waals surface area contributed by atoms with Crippen LogP contribution in [0.3, 0.4) is 0 Å². The van der Waals surface area contributed by atoms with Crippen molar-refractivity contribution < 1.29 is 9.66 Å². The molecule has 0 bridgehead atoms. The zero-order valence-corrected chi connectivity index (χ0v) is 15.5. The number of anilines is 1. The van der Waals surface area contributed by atoms with Gasteiger partial charge in [-0.3, -0.25) is 10.1 Å². The van der Waals surface area contributed by atoms with Crippen LogP contribution in [0.15, 0.2) is 16.6 Å². The van der Waals surface area contributed by atoms with E-state index in [4.69, 9.17) is 22.7 Å². The van der Waals surface area contributed by atoms with Crippen molar-refractivity contribution in [3.63, 3.8) is 0 Å². The fourth-order valence-corrected chi connectivity index (χ4v) is 2.66. The van der Waals surface area contributed by atoms with Gasteiger partial charge in [0.25, 0.3) is 5.69 Å². The standard InChI is InChI=1S/C15H22BrN3O3S/c1-2-3-4-5-6-7-8-22-14-10-12(18-15(17)23)13(19(20)21)9-11(14)16/h9-10H,2-8H2,1H3,(H3,17,18,23). The fourth-order valence-electron chi connectivity index (χ4n) is 2.10. The molecule has 128 valence electrons. The summed E-state index contributed by atoms with van der Waals surface area (Å²) in [5.41, 5.74) is 5.52. The van der Waals surface area contributed by atoms with Crippen LogP contribution in [-0.4, -0.2) is 16.6 Å². The van der Waals surface area contributed by atoms with Crippen LogP contribution in [0.25, 0.3) is 0 Å². The van der Waals surface area contributed by atoms with Gasteiger partial charge in [-0.05, 0) is 34.6 Å². The molecule has 1 rings (SSSR count). The molecule has 0 atom stereocenters. The molecule has 0 saturated heterocycles. The number of nitro benzene ring substituents is 1. The molecule has 3 N–H and O–H groups in total. The van der Waals surface area contributed by atoms with Crippen molar-refractivity contribution in [3.8, 4) is 5.75 Å². The molecule has 1 aromatic carbocycles. The van der Waals surface area contributed by atoms with Crippen molar-refractivity contribution in [2.45, 2.75) is 45.4 Å². The predicted molar refractivity (Wildman–Crippen MR) is 100 cm³/mol. The molecule has 1 aromatic rings. The Morgan fingerprint density at radius 2 is 2.00 bits per heavy atom. The van der Waals surface area contributed by atoms with Gasteiger partial charge < -0.3 is 15.8 Å². The van der Waals surface area contributed by atoms with Gasteiger partial charge in [-0.1, -0.05) is 39.0 Å². The minimum atomic E-state index is -0.497. The summed E-state index contributed by atoms with van der Waals surface area (Å²) in [7, 11) is 0. The molecule has 0 unspecified atom stereocenters. The maximum Gasteiger partial charge on any atom is 0.294 e. The highest BCUT2D eigenvalue weighted by molar-refractivity contribution is 9.10. The topological polar surface area (TPSA) is 90.4 Å². The number of nitrogens with two attached hydrogens (primary N) is 1. The Kier molecular flexibility index (Phi) is 8.86. The van der Waals surface area contributed by atoms with Crippen LogP contribution in [0.2, 0.25) is 0 Å². The van der Waals surface area contributed by atoms with Crippen molar-refractivity contribution in [1.29, 1.82) is 0 Å². The van der Waals surface area contributed by atoms with E-state index in [-0.39, 0.29) is 16.5 Å². The minimum absolute atomic E-state index is 0.0303. The molecule has 0 saturated carbocycles. The maximum absolute atomic E-state index is 11.1. The van der Waals surface area contributed by atoms with Gasteiger partial charge in [0.2, 0.25) is 0 Å². The van der Waals surface area contributed by atoms with Gasteiger partial charge in [0.05, 0.1) is 16.0 Å². The Hall–Kier alpha value is -1.41. The smallest absolute Gasteiger partial charge is 0.294 e. The lowest BCUT2D eigenvalue weighted by Gasteiger charge is -2.11. The van der Waals surface area contributed by atoms with E-state index in [1.165, 1.54) is 31.7 Å². The summed E-state index contributed by atoms with van der Waals surface area (Å²) in [5.74, 6) is 0.530. The number of ether oxygens (including phenoxy) is 1. The third-order valence-corrected chi connectivity index (χ3v) is 3.98. The molecule has 0 aliphatic carbocycles. The van der Waals surface area contributed by atoms with Crippen molar-refractivity contribution >= 4 is 44.6 Å². The van der Waals surface area contributed by atoms with E-state index in [1.807, 2.05) is 0 Å². The lowest BCUT2D eigenvalue weighted by molar-refractivity contribution is -0.384. The van der Waals surface area contributed by atoms with E-state index >= 15 is 0 Å². The normalized spacial score (nSPS) is 10.3. The highest BCUT2D eigenvalue weighted by Gasteiger charge is 2.18. The monoisotopic (exact) mass is 403 g/mol. The Bertz CT molecular complexity index is 555. The number of nitrogens with one attached hydrogen (secondary N) is 1. The SMILES string of the molecule is CCCCCCCCOc1cc(NC(N)=S)c([N+](=O)[O-])cc1Br. The molecule has 0 spiro atoms. The summed E-state index contributed by atoms with van der Waals surface area (Å²) in [4.78, 5) is 10.6. The number of nitrogens with zero attached hydrogens (tertiary/aromatic N) is 1. The molecular formula is C15H22BrN3O3S. The van der Waals surface area contributed by atoms with Crippen molar-refractivity contribution in [2.24, 2.45) is 5.73 Å². The lowest BCUT2D eigenvalue weighted by Crippen LogP contribution is -2.19. The molecule has 0 aromatic heterocycles. The summed E-state index contributed by atoms with van der Waals surface area (Å²) in [6.07, 6.45) is 7.01. The Morgan fingerprint density at radius 3 is 2.61 bits per heavy atom. The van der Waals surface area contributed by atoms with E-state index in [2.05, 4.69) is 28.2 Å². The first-order valence-electron chi connectivity index (χ1n) is 7.63. The quantitative estimate of drug-likeness (QED) is 0.253. The van der Waals surface area contributed by atoms with Crippen LogP contribution in [-0.2, 0) is 0 Å². The fraction of sp³-hybridized carbons (Fsp3) is 0.533. The van der Waals surface area contributed by atoms with Gasteiger partial charge in [0.1, 0.15) is 11.4 Å². The number of hydrogen-bond donors (Lipinski definition) is 2. The Morgan fingerprint density at radius 1 is 1.35 bits per heavy atom. The highest BCUT2D eigenvalue weighted by atomic mass is 79.9. The summed E-state index contributed by atoms with van der Waals surface area (Å²) < 4.78 is 6.24. The Labute approximate surface area is 150 Å². The first-order valence-corrected chi connectivity index (χ1v) is 8.83. The van der Waals surface area contributed by atoms with E-state index in [0.717, 1.165) is 12.8 Å². The summed E-state index contributed by atoms with van der Waals surface area (Å²) in [6, 6.07) is 2.93. The molecule has 0 amide bonds. The van der Waals surface area contributed by atoms with Crippen LogP contribution in [0, 0.1) is 10.1 Å². The molecular weight excluding hydrogens is 382 g/mol. The third-order valence-electron chi connectivity index (χ3n) is 3.26. The van der Waals surface area contributed by atoms with Gasteiger partial charge in [-0.2, -0.15) is 0 Å². The van der Waals surface area contributed by atoms with Crippen LogP contribution in [0.4, 0.5) is 11.4 Å². The molecule has 0 aliphatic rings. The summed E-state index contributed by atoms with van der Waals surface area (Å²) in [6.45, 7) is 2.75. The minimum Gasteiger partial charge on any atom is -0.492 e. The zero-order valence-electron chi connectivity index (χ0n) is 13.1. The Balaban J connectivity index is 2.64.